The molecule has 2 aromatic carbocycles. The van der Waals surface area contributed by atoms with Gasteiger partial charge in [-0.25, -0.2) is 9.18 Å². The molecule has 10 heteroatoms. The number of carbonyl (C=O) groups excluding carboxylic acids is 1. The van der Waals surface area contributed by atoms with Crippen LogP contribution in [0.4, 0.5) is 23.2 Å². The Balaban J connectivity index is 2.47. The van der Waals surface area contributed by atoms with E-state index in [1.54, 1.807) is 0 Å². The highest BCUT2D eigenvalue weighted by molar-refractivity contribution is 6.04. The van der Waals surface area contributed by atoms with Crippen molar-refractivity contribution in [2.24, 2.45) is 0 Å². The number of aliphatic hydroxyl groups excluding tert-OH is 1. The minimum atomic E-state index is -4.72. The molecule has 0 bridgehead atoms. The molecule has 0 fully saturated rings. The van der Waals surface area contributed by atoms with Gasteiger partial charge in [0.25, 0.3) is 5.56 Å². The van der Waals surface area contributed by atoms with E-state index in [-0.39, 0.29) is 27.8 Å². The summed E-state index contributed by atoms with van der Waals surface area (Å²) in [5, 5.41) is 9.57. The molecule has 158 valence electrons. The molecule has 1 unspecified atom stereocenters. The summed E-state index contributed by atoms with van der Waals surface area (Å²) in [7, 11) is 1.01. The number of alkyl halides is 3. The molecular formula is C20H16F4N2O4. The van der Waals surface area contributed by atoms with Crippen molar-refractivity contribution in [1.82, 2.24) is 4.57 Å². The number of benzene rings is 2. The van der Waals surface area contributed by atoms with Crippen LogP contribution in [0.2, 0.25) is 0 Å². The molecule has 3 rings (SSSR count). The van der Waals surface area contributed by atoms with Crippen molar-refractivity contribution < 1.29 is 32.2 Å². The van der Waals surface area contributed by atoms with Crippen LogP contribution in [0.25, 0.3) is 16.6 Å². The molecule has 6 nitrogen and oxygen atoms in total. The summed E-state index contributed by atoms with van der Waals surface area (Å²) >= 11 is 0. The monoisotopic (exact) mass is 424 g/mol. The number of hydrogen-bond acceptors (Lipinski definition) is 5. The molecule has 0 aliphatic carbocycles. The largest absolute Gasteiger partial charge is 0.465 e. The number of nitrogens with zero attached hydrogens (tertiary/aromatic N) is 1. The molecule has 1 heterocycles. The predicted molar refractivity (Wildman–Crippen MR) is 101 cm³/mol. The third-order valence-corrected chi connectivity index (χ3v) is 4.62. The van der Waals surface area contributed by atoms with Crippen molar-refractivity contribution in [2.75, 3.05) is 12.8 Å². The zero-order chi connectivity index (χ0) is 22.4. The maximum absolute atomic E-state index is 14.4. The Bertz CT molecular complexity index is 1220. The number of aliphatic hydroxyl groups is 1. The van der Waals surface area contributed by atoms with E-state index in [1.807, 2.05) is 0 Å². The second-order valence-electron chi connectivity index (χ2n) is 6.53. The van der Waals surface area contributed by atoms with Crippen molar-refractivity contribution >= 4 is 22.6 Å². The number of halogens is 4. The van der Waals surface area contributed by atoms with Gasteiger partial charge >= 0.3 is 12.1 Å². The van der Waals surface area contributed by atoms with E-state index in [0.717, 1.165) is 29.9 Å². The number of rotatable bonds is 3. The molecule has 30 heavy (non-hydrogen) atoms. The van der Waals surface area contributed by atoms with Gasteiger partial charge in [0.15, 0.2) is 0 Å². The van der Waals surface area contributed by atoms with Crippen molar-refractivity contribution in [2.45, 2.75) is 19.2 Å². The lowest BCUT2D eigenvalue weighted by Gasteiger charge is -2.17. The number of hydrogen-bond donors (Lipinski definition) is 2. The summed E-state index contributed by atoms with van der Waals surface area (Å²) in [6.45, 7) is 1.33. The van der Waals surface area contributed by atoms with Crippen LogP contribution < -0.4 is 11.3 Å². The highest BCUT2D eigenvalue weighted by Crippen LogP contribution is 2.34. The summed E-state index contributed by atoms with van der Waals surface area (Å²) in [6.07, 6.45) is -5.87. The van der Waals surface area contributed by atoms with Gasteiger partial charge in [0.05, 0.1) is 35.7 Å². The number of pyridine rings is 1. The minimum absolute atomic E-state index is 0.0250. The fourth-order valence-electron chi connectivity index (χ4n) is 3.14. The van der Waals surface area contributed by atoms with E-state index in [0.29, 0.717) is 6.07 Å². The Morgan fingerprint density at radius 1 is 1.20 bits per heavy atom. The first kappa shape index (κ1) is 21.3. The first-order valence-corrected chi connectivity index (χ1v) is 8.59. The Kier molecular flexibility index (Phi) is 5.29. The van der Waals surface area contributed by atoms with Crippen LogP contribution in [0.1, 0.15) is 34.5 Å². The zero-order valence-corrected chi connectivity index (χ0v) is 15.7. The van der Waals surface area contributed by atoms with Gasteiger partial charge in [-0.3, -0.25) is 9.36 Å². The molecular weight excluding hydrogens is 408 g/mol. The van der Waals surface area contributed by atoms with Gasteiger partial charge in [0, 0.05) is 10.9 Å². The van der Waals surface area contributed by atoms with Crippen molar-refractivity contribution in [3.05, 3.63) is 69.3 Å². The lowest BCUT2D eigenvalue weighted by Crippen LogP contribution is -2.28. The van der Waals surface area contributed by atoms with Crippen molar-refractivity contribution in [3.8, 4) is 5.69 Å². The van der Waals surface area contributed by atoms with Gasteiger partial charge in [-0.1, -0.05) is 12.1 Å². The van der Waals surface area contributed by atoms with E-state index in [9.17, 15) is 32.3 Å². The molecule has 0 saturated carbocycles. The molecule has 3 aromatic rings. The summed E-state index contributed by atoms with van der Waals surface area (Å²) in [5.74, 6) is -1.97. The molecule has 0 amide bonds. The summed E-state index contributed by atoms with van der Waals surface area (Å²) in [4.78, 5) is 25.1. The fourth-order valence-corrected chi connectivity index (χ4v) is 3.14. The van der Waals surface area contributed by atoms with E-state index in [4.69, 9.17) is 5.73 Å². The second-order valence-corrected chi connectivity index (χ2v) is 6.53. The number of aromatic nitrogens is 1. The topological polar surface area (TPSA) is 94.6 Å². The van der Waals surface area contributed by atoms with E-state index < -0.39 is 40.8 Å². The average Bonchev–Trinajstić information content (AvgIpc) is 2.66. The zero-order valence-electron chi connectivity index (χ0n) is 15.7. The third-order valence-electron chi connectivity index (χ3n) is 4.62. The average molecular weight is 424 g/mol. The van der Waals surface area contributed by atoms with Crippen molar-refractivity contribution in [3.63, 3.8) is 0 Å². The highest BCUT2D eigenvalue weighted by atomic mass is 19.4. The van der Waals surface area contributed by atoms with Gasteiger partial charge in [-0.15, -0.1) is 0 Å². The minimum Gasteiger partial charge on any atom is -0.465 e. The molecule has 0 saturated heterocycles. The Morgan fingerprint density at radius 3 is 2.40 bits per heavy atom. The van der Waals surface area contributed by atoms with Crippen LogP contribution >= 0.6 is 0 Å². The first-order valence-electron chi connectivity index (χ1n) is 8.59. The summed E-state index contributed by atoms with van der Waals surface area (Å²) in [5.41, 5.74) is 2.31. The highest BCUT2D eigenvalue weighted by Gasteiger charge is 2.32. The predicted octanol–water partition coefficient (Wildman–Crippen LogP) is 3.57. The molecule has 0 spiro atoms. The number of nitrogen functional groups attached to an aromatic ring is 1. The normalized spacial score (nSPS) is 12.8. The van der Waals surface area contributed by atoms with Crippen LogP contribution in [-0.4, -0.2) is 22.8 Å². The molecule has 1 atom stereocenters. The quantitative estimate of drug-likeness (QED) is 0.495. The second kappa shape index (κ2) is 7.45. The van der Waals surface area contributed by atoms with Crippen molar-refractivity contribution in [1.29, 1.82) is 0 Å². The number of fused-ring (bicyclic) bond motifs is 1. The van der Waals surface area contributed by atoms with E-state index in [1.165, 1.54) is 19.1 Å². The molecule has 3 N–H and O–H groups in total. The van der Waals surface area contributed by atoms with Crippen LogP contribution in [0, 0.1) is 5.82 Å². The maximum atomic E-state index is 14.4. The summed E-state index contributed by atoms with van der Waals surface area (Å²) < 4.78 is 59.5. The van der Waals surface area contributed by atoms with Gasteiger partial charge in [-0.05, 0) is 31.2 Å². The van der Waals surface area contributed by atoms with Gasteiger partial charge in [0.2, 0.25) is 0 Å². The molecule has 0 radical (unpaired) electrons. The Labute approximate surface area is 167 Å². The number of nitrogens with two attached hydrogens (primary N) is 1. The summed E-state index contributed by atoms with van der Waals surface area (Å²) in [6, 6.07) is 5.77. The number of esters is 1. The Morgan fingerprint density at radius 2 is 1.87 bits per heavy atom. The molecule has 0 aliphatic heterocycles. The van der Waals surface area contributed by atoms with Crippen LogP contribution in [0.5, 0.6) is 0 Å². The standard InChI is InChI=1S/C20H16F4N2O4/c1-9(27)12-6-4-11(8-14(12)21)26-15-7-10(20(22,23)24)3-5-13(15)17(25)16(18(26)28)19(29)30-2/h3-9,27H,25H2,1-2H3. The Hall–Kier alpha value is -3.40. The van der Waals surface area contributed by atoms with Crippen LogP contribution in [0.15, 0.2) is 41.2 Å². The smallest absolute Gasteiger partial charge is 0.416 e. The number of methoxy groups -OCH3 is 1. The van der Waals surface area contributed by atoms with Gasteiger partial charge in [-0.2, -0.15) is 13.2 Å². The van der Waals surface area contributed by atoms with E-state index in [2.05, 4.69) is 4.74 Å². The lowest BCUT2D eigenvalue weighted by molar-refractivity contribution is -0.137. The number of carbonyl (C=O) groups is 1. The molecule has 0 aliphatic rings. The SMILES string of the molecule is COC(=O)c1c(N)c2ccc(C(F)(F)F)cc2n(-c2ccc(C(C)O)c(F)c2)c1=O. The first-order chi connectivity index (χ1) is 14.0. The van der Waals surface area contributed by atoms with Gasteiger partial charge in [0.1, 0.15) is 11.4 Å². The van der Waals surface area contributed by atoms with Gasteiger partial charge < -0.3 is 15.6 Å². The van der Waals surface area contributed by atoms with Crippen LogP contribution in [0.3, 0.4) is 0 Å². The maximum Gasteiger partial charge on any atom is 0.416 e. The van der Waals surface area contributed by atoms with E-state index >= 15 is 0 Å². The number of anilines is 1. The number of ether oxygens (including phenoxy) is 1. The lowest BCUT2D eigenvalue weighted by atomic mass is 10.0. The molecule has 1 aromatic heterocycles. The third kappa shape index (κ3) is 3.50. The van der Waals surface area contributed by atoms with Crippen LogP contribution in [-0.2, 0) is 10.9 Å². The fraction of sp³-hybridized carbons (Fsp3) is 0.200.